The summed E-state index contributed by atoms with van der Waals surface area (Å²) in [6.07, 6.45) is 3.08. The molecule has 2 aromatic rings. The summed E-state index contributed by atoms with van der Waals surface area (Å²) < 4.78 is 10.8. The zero-order valence-corrected chi connectivity index (χ0v) is 15.3. The fraction of sp³-hybridized carbons (Fsp3) is 0.526. The van der Waals surface area contributed by atoms with E-state index in [2.05, 4.69) is 4.90 Å². The second kappa shape index (κ2) is 7.07. The van der Waals surface area contributed by atoms with Crippen molar-refractivity contribution in [3.8, 4) is 0 Å². The van der Waals surface area contributed by atoms with E-state index in [0.29, 0.717) is 32.1 Å². The van der Waals surface area contributed by atoms with Gasteiger partial charge in [0.1, 0.15) is 0 Å². The van der Waals surface area contributed by atoms with Crippen LogP contribution >= 0.6 is 0 Å². The summed E-state index contributed by atoms with van der Waals surface area (Å²) >= 11 is 0. The number of rotatable bonds is 2. The molecule has 4 heterocycles. The van der Waals surface area contributed by atoms with Crippen molar-refractivity contribution in [3.63, 3.8) is 0 Å². The van der Waals surface area contributed by atoms with Gasteiger partial charge in [0.05, 0.1) is 25.2 Å². The highest BCUT2D eigenvalue weighted by atomic mass is 16.5. The minimum atomic E-state index is -0.0423. The third-order valence-electron chi connectivity index (χ3n) is 5.18. The molecule has 4 rings (SSSR count). The summed E-state index contributed by atoms with van der Waals surface area (Å²) in [5.74, 6) is 1.18. The number of ether oxygens (including phenoxy) is 1. The lowest BCUT2D eigenvalue weighted by atomic mass is 10.1. The van der Waals surface area contributed by atoms with E-state index in [1.807, 2.05) is 24.8 Å². The van der Waals surface area contributed by atoms with Crippen molar-refractivity contribution in [2.45, 2.75) is 26.7 Å². The first-order chi connectivity index (χ1) is 12.6. The number of hydrogen-bond donors (Lipinski definition) is 0. The maximum atomic E-state index is 12.8. The largest absolute Gasteiger partial charge is 0.459 e. The summed E-state index contributed by atoms with van der Waals surface area (Å²) in [4.78, 5) is 26.4. The summed E-state index contributed by atoms with van der Waals surface area (Å²) in [5.41, 5.74) is 4.13. The Bertz CT molecular complexity index is 811. The predicted octanol–water partition coefficient (Wildman–Crippen LogP) is 1.76. The monoisotopic (exact) mass is 356 g/mol. The number of aryl methyl sites for hydroxylation is 2. The fourth-order valence-electron chi connectivity index (χ4n) is 3.61. The van der Waals surface area contributed by atoms with Crippen LogP contribution in [0.4, 0.5) is 5.95 Å². The number of anilines is 1. The Morgan fingerprint density at radius 3 is 2.58 bits per heavy atom. The van der Waals surface area contributed by atoms with Crippen molar-refractivity contribution < 1.29 is 13.9 Å². The van der Waals surface area contributed by atoms with E-state index in [-0.39, 0.29) is 5.91 Å². The molecule has 0 saturated carbocycles. The van der Waals surface area contributed by atoms with Gasteiger partial charge in [-0.3, -0.25) is 4.79 Å². The predicted molar refractivity (Wildman–Crippen MR) is 96.6 cm³/mol. The van der Waals surface area contributed by atoms with Crippen molar-refractivity contribution in [1.82, 2.24) is 14.9 Å². The van der Waals surface area contributed by atoms with Crippen LogP contribution < -0.4 is 4.90 Å². The number of fused-ring (bicyclic) bond motifs is 1. The molecule has 1 saturated heterocycles. The Balaban J connectivity index is 1.55. The molecule has 138 valence electrons. The molecule has 0 aromatic carbocycles. The van der Waals surface area contributed by atoms with Crippen LogP contribution in [0.1, 0.15) is 33.1 Å². The molecule has 2 aliphatic rings. The normalized spacial score (nSPS) is 17.8. The SMILES string of the molecule is Cc1ccoc1C(=O)N1CCc2nc(N3CCOCC3)nc(C)c2CC1. The van der Waals surface area contributed by atoms with Crippen LogP contribution in [0, 0.1) is 13.8 Å². The zero-order chi connectivity index (χ0) is 18.1. The molecule has 26 heavy (non-hydrogen) atoms. The Morgan fingerprint density at radius 2 is 1.85 bits per heavy atom. The molecule has 0 unspecified atom stereocenters. The van der Waals surface area contributed by atoms with Crippen LogP contribution in [-0.4, -0.2) is 60.2 Å². The molecule has 2 aliphatic heterocycles. The van der Waals surface area contributed by atoms with Crippen molar-refractivity contribution in [2.75, 3.05) is 44.3 Å². The van der Waals surface area contributed by atoms with Gasteiger partial charge in [-0.05, 0) is 31.9 Å². The van der Waals surface area contributed by atoms with E-state index in [1.165, 1.54) is 5.56 Å². The van der Waals surface area contributed by atoms with Gasteiger partial charge in [-0.15, -0.1) is 0 Å². The van der Waals surface area contributed by atoms with E-state index in [4.69, 9.17) is 19.1 Å². The lowest BCUT2D eigenvalue weighted by Crippen LogP contribution is -2.37. The van der Waals surface area contributed by atoms with Crippen LogP contribution in [0.2, 0.25) is 0 Å². The van der Waals surface area contributed by atoms with Crippen molar-refractivity contribution in [1.29, 1.82) is 0 Å². The average molecular weight is 356 g/mol. The topological polar surface area (TPSA) is 71.7 Å². The average Bonchev–Trinajstić information content (AvgIpc) is 2.96. The van der Waals surface area contributed by atoms with Crippen LogP contribution in [0.3, 0.4) is 0 Å². The van der Waals surface area contributed by atoms with Crippen LogP contribution in [0.5, 0.6) is 0 Å². The summed E-state index contributed by atoms with van der Waals surface area (Å²) in [5, 5.41) is 0. The second-order valence-corrected chi connectivity index (χ2v) is 6.86. The zero-order valence-electron chi connectivity index (χ0n) is 15.3. The molecule has 0 spiro atoms. The Morgan fingerprint density at radius 1 is 1.08 bits per heavy atom. The van der Waals surface area contributed by atoms with Gasteiger partial charge in [-0.1, -0.05) is 0 Å². The van der Waals surface area contributed by atoms with Crippen molar-refractivity contribution in [3.05, 3.63) is 40.6 Å². The highest BCUT2D eigenvalue weighted by molar-refractivity contribution is 5.92. The molecule has 1 fully saturated rings. The number of morpholine rings is 1. The number of amides is 1. The lowest BCUT2D eigenvalue weighted by Gasteiger charge is -2.27. The summed E-state index contributed by atoms with van der Waals surface area (Å²) in [6.45, 7) is 8.31. The highest BCUT2D eigenvalue weighted by Gasteiger charge is 2.26. The molecular formula is C19H24N4O3. The van der Waals surface area contributed by atoms with Gasteiger partial charge in [0.2, 0.25) is 5.95 Å². The van der Waals surface area contributed by atoms with E-state index < -0.39 is 0 Å². The molecule has 2 aromatic heterocycles. The van der Waals surface area contributed by atoms with Gasteiger partial charge >= 0.3 is 0 Å². The highest BCUT2D eigenvalue weighted by Crippen LogP contribution is 2.22. The second-order valence-electron chi connectivity index (χ2n) is 6.86. The van der Waals surface area contributed by atoms with Gasteiger partial charge < -0.3 is 19.0 Å². The van der Waals surface area contributed by atoms with Crippen LogP contribution in [-0.2, 0) is 17.6 Å². The molecule has 0 N–H and O–H groups in total. The smallest absolute Gasteiger partial charge is 0.289 e. The Hall–Kier alpha value is -2.41. The number of aromatic nitrogens is 2. The third kappa shape index (κ3) is 3.19. The number of nitrogens with zero attached hydrogens (tertiary/aromatic N) is 4. The minimum Gasteiger partial charge on any atom is -0.459 e. The van der Waals surface area contributed by atoms with E-state index in [9.17, 15) is 4.79 Å². The third-order valence-corrected chi connectivity index (χ3v) is 5.18. The quantitative estimate of drug-likeness (QED) is 0.817. The first-order valence-electron chi connectivity index (χ1n) is 9.16. The Labute approximate surface area is 153 Å². The van der Waals surface area contributed by atoms with E-state index >= 15 is 0 Å². The van der Waals surface area contributed by atoms with Gasteiger partial charge in [0.25, 0.3) is 5.91 Å². The van der Waals surface area contributed by atoms with Gasteiger partial charge in [-0.2, -0.15) is 0 Å². The van der Waals surface area contributed by atoms with Gasteiger partial charge in [-0.25, -0.2) is 9.97 Å². The molecule has 7 nitrogen and oxygen atoms in total. The number of carbonyl (C=O) groups excluding carboxylic acids is 1. The Kier molecular flexibility index (Phi) is 4.63. The molecule has 0 bridgehead atoms. The fourth-order valence-corrected chi connectivity index (χ4v) is 3.61. The first kappa shape index (κ1) is 17.0. The van der Waals surface area contributed by atoms with Crippen LogP contribution in [0.25, 0.3) is 0 Å². The molecule has 1 amide bonds. The summed E-state index contributed by atoms with van der Waals surface area (Å²) in [7, 11) is 0. The van der Waals surface area contributed by atoms with Gasteiger partial charge in [0.15, 0.2) is 5.76 Å². The van der Waals surface area contributed by atoms with Crippen molar-refractivity contribution >= 4 is 11.9 Å². The maximum absolute atomic E-state index is 12.8. The lowest BCUT2D eigenvalue weighted by molar-refractivity contribution is 0.0730. The van der Waals surface area contributed by atoms with Gasteiger partial charge in [0, 0.05) is 43.9 Å². The maximum Gasteiger partial charge on any atom is 0.289 e. The molecule has 0 aliphatic carbocycles. The molecule has 7 heteroatoms. The standard InChI is InChI=1S/C19H24N4O3/c1-13-5-10-26-17(13)18(24)22-6-3-15-14(2)20-19(21-16(15)4-7-22)23-8-11-25-12-9-23/h5,10H,3-4,6-9,11-12H2,1-2H3. The summed E-state index contributed by atoms with van der Waals surface area (Å²) in [6, 6.07) is 1.82. The molecule has 0 radical (unpaired) electrons. The van der Waals surface area contributed by atoms with Crippen LogP contribution in [0.15, 0.2) is 16.7 Å². The van der Waals surface area contributed by atoms with E-state index in [1.54, 1.807) is 6.26 Å². The number of carbonyl (C=O) groups is 1. The first-order valence-corrected chi connectivity index (χ1v) is 9.16. The number of furan rings is 1. The minimum absolute atomic E-state index is 0.0423. The molecular weight excluding hydrogens is 332 g/mol. The number of hydrogen-bond acceptors (Lipinski definition) is 6. The van der Waals surface area contributed by atoms with E-state index in [0.717, 1.165) is 48.8 Å². The van der Waals surface area contributed by atoms with Crippen molar-refractivity contribution in [2.24, 2.45) is 0 Å². The molecule has 0 atom stereocenters.